The first kappa shape index (κ1) is 26.6. The lowest BCUT2D eigenvalue weighted by Crippen LogP contribution is -2.29. The van der Waals surface area contributed by atoms with Crippen molar-refractivity contribution in [3.63, 3.8) is 0 Å². The van der Waals surface area contributed by atoms with Gasteiger partial charge in [-0.1, -0.05) is 84.4 Å². The first-order valence-corrected chi connectivity index (χ1v) is 14.1. The summed E-state index contributed by atoms with van der Waals surface area (Å²) < 4.78 is 28.3. The number of benzene rings is 3. The third-order valence-corrected chi connectivity index (χ3v) is 8.17. The molecule has 0 aliphatic carbocycles. The Morgan fingerprint density at radius 2 is 1.45 bits per heavy atom. The molecule has 2 heterocycles. The van der Waals surface area contributed by atoms with E-state index in [1.54, 1.807) is 36.5 Å². The zero-order valence-corrected chi connectivity index (χ0v) is 22.6. The number of hydrogen-bond acceptors (Lipinski definition) is 6. The summed E-state index contributed by atoms with van der Waals surface area (Å²) in [5.74, 6) is 0.288. The number of anilines is 1. The minimum atomic E-state index is -4.19. The predicted molar refractivity (Wildman–Crippen MR) is 156 cm³/mol. The van der Waals surface area contributed by atoms with Gasteiger partial charge in [-0.25, -0.2) is 13.4 Å². The lowest BCUT2D eigenvalue weighted by molar-refractivity contribution is 0.603. The Hall–Kier alpha value is -5.00. The molecule has 7 nitrogen and oxygen atoms in total. The summed E-state index contributed by atoms with van der Waals surface area (Å²) in [6.45, 7) is 2.65. The minimum Gasteiger partial charge on any atom is -0.347 e. The molecule has 0 saturated carbocycles. The molecule has 2 aromatic heterocycles. The lowest BCUT2D eigenvalue weighted by atomic mass is 10.1. The quantitative estimate of drug-likeness (QED) is 0.237. The van der Waals surface area contributed by atoms with Gasteiger partial charge in [0.15, 0.2) is 0 Å². The van der Waals surface area contributed by atoms with Gasteiger partial charge in [0.25, 0.3) is 5.56 Å². The van der Waals surface area contributed by atoms with Crippen LogP contribution in [-0.2, 0) is 22.9 Å². The van der Waals surface area contributed by atoms with E-state index in [9.17, 15) is 18.5 Å². The zero-order chi connectivity index (χ0) is 28.1. The minimum absolute atomic E-state index is 0.0165. The molecular formula is C32H26N4O3S. The molecule has 5 rings (SSSR count). The van der Waals surface area contributed by atoms with E-state index in [-0.39, 0.29) is 16.3 Å². The molecule has 5 aromatic rings. The molecule has 0 unspecified atom stereocenters. The summed E-state index contributed by atoms with van der Waals surface area (Å²) in [7, 11) is -4.19. The second-order valence-electron chi connectivity index (χ2n) is 9.35. The van der Waals surface area contributed by atoms with Gasteiger partial charge in [-0.05, 0) is 48.4 Å². The normalized spacial score (nSPS) is 11.8. The number of rotatable bonds is 8. The van der Waals surface area contributed by atoms with Crippen LogP contribution in [0.25, 0.3) is 11.7 Å². The third kappa shape index (κ3) is 5.55. The summed E-state index contributed by atoms with van der Waals surface area (Å²) in [4.78, 5) is 20.1. The van der Waals surface area contributed by atoms with Crippen LogP contribution in [0.1, 0.15) is 22.3 Å². The highest BCUT2D eigenvalue weighted by Gasteiger charge is 2.25. The molecule has 8 heteroatoms. The molecule has 0 saturated heterocycles. The average molecular weight is 547 g/mol. The van der Waals surface area contributed by atoms with Gasteiger partial charge < -0.3 is 4.90 Å². The van der Waals surface area contributed by atoms with E-state index < -0.39 is 20.3 Å². The van der Waals surface area contributed by atoms with E-state index in [1.165, 1.54) is 16.5 Å². The molecule has 3 aromatic carbocycles. The second-order valence-corrected chi connectivity index (χ2v) is 11.3. The molecular weight excluding hydrogens is 520 g/mol. The van der Waals surface area contributed by atoms with Crippen molar-refractivity contribution in [1.82, 2.24) is 9.38 Å². The fraction of sp³-hybridized carbons (Fsp3) is 0.0938. The van der Waals surface area contributed by atoms with E-state index in [4.69, 9.17) is 4.98 Å². The first-order valence-electron chi connectivity index (χ1n) is 12.6. The first-order chi connectivity index (χ1) is 19.4. The maximum atomic E-state index is 13.9. The van der Waals surface area contributed by atoms with Gasteiger partial charge in [0.1, 0.15) is 22.4 Å². The highest BCUT2D eigenvalue weighted by molar-refractivity contribution is 7.95. The number of nitriles is 1. The van der Waals surface area contributed by atoms with Crippen LogP contribution >= 0.6 is 0 Å². The molecule has 0 N–H and O–H groups in total. The van der Waals surface area contributed by atoms with Crippen LogP contribution < -0.4 is 10.5 Å². The standard InChI is InChI=1S/C32H26N4O3S/c1-24-15-17-27(18-16-24)40(38,39)28(21-33)20-29-31(34-30-14-8-9-19-36(30)32(29)37)35(22-25-10-4-2-5-11-25)23-26-12-6-3-7-13-26/h2-20H,22-23H2,1H3/b28-20+. The van der Waals surface area contributed by atoms with Crippen molar-refractivity contribution >= 4 is 27.4 Å². The number of pyridine rings is 1. The van der Waals surface area contributed by atoms with E-state index in [1.807, 2.05) is 78.6 Å². The highest BCUT2D eigenvalue weighted by atomic mass is 32.2. The summed E-state index contributed by atoms with van der Waals surface area (Å²) >= 11 is 0. The SMILES string of the molecule is Cc1ccc(S(=O)(=O)/C(C#N)=C/c2c(N(Cc3ccccc3)Cc3ccccc3)nc3ccccn3c2=O)cc1. The molecule has 40 heavy (non-hydrogen) atoms. The van der Waals surface area contributed by atoms with Crippen molar-refractivity contribution in [2.45, 2.75) is 24.9 Å². The van der Waals surface area contributed by atoms with Crippen molar-refractivity contribution in [2.24, 2.45) is 0 Å². The fourth-order valence-electron chi connectivity index (χ4n) is 4.42. The van der Waals surface area contributed by atoms with Gasteiger partial charge in [-0.2, -0.15) is 5.26 Å². The van der Waals surface area contributed by atoms with Crippen molar-refractivity contribution in [3.8, 4) is 6.07 Å². The molecule has 0 spiro atoms. The monoisotopic (exact) mass is 546 g/mol. The van der Waals surface area contributed by atoms with Crippen LogP contribution in [-0.4, -0.2) is 17.8 Å². The summed E-state index contributed by atoms with van der Waals surface area (Å²) in [6, 6.07) is 32.8. The van der Waals surface area contributed by atoms with Crippen LogP contribution in [0, 0.1) is 18.3 Å². The smallest absolute Gasteiger partial charge is 0.267 e. The molecule has 0 amide bonds. The Morgan fingerprint density at radius 1 is 0.875 bits per heavy atom. The number of nitrogens with zero attached hydrogens (tertiary/aromatic N) is 4. The Labute approximate surface area is 232 Å². The summed E-state index contributed by atoms with van der Waals surface area (Å²) in [6.07, 6.45) is 2.73. The number of fused-ring (bicyclic) bond motifs is 1. The van der Waals surface area contributed by atoms with Crippen LogP contribution in [0.5, 0.6) is 0 Å². The zero-order valence-electron chi connectivity index (χ0n) is 21.8. The number of hydrogen-bond donors (Lipinski definition) is 0. The van der Waals surface area contributed by atoms with E-state index in [0.717, 1.165) is 22.8 Å². The Bertz CT molecular complexity index is 1850. The van der Waals surface area contributed by atoms with Crippen LogP contribution in [0.3, 0.4) is 0 Å². The summed E-state index contributed by atoms with van der Waals surface area (Å²) in [5.41, 5.74) is 2.80. The van der Waals surface area contributed by atoms with Crippen molar-refractivity contribution in [2.75, 3.05) is 4.90 Å². The second kappa shape index (κ2) is 11.4. The number of aromatic nitrogens is 2. The number of aryl methyl sites for hydroxylation is 1. The molecule has 0 bridgehead atoms. The van der Waals surface area contributed by atoms with Crippen LogP contribution in [0.15, 0.2) is 124 Å². The predicted octanol–water partition coefficient (Wildman–Crippen LogP) is 5.55. The maximum absolute atomic E-state index is 13.9. The molecule has 0 aliphatic rings. The maximum Gasteiger partial charge on any atom is 0.267 e. The average Bonchev–Trinajstić information content (AvgIpc) is 2.97. The number of sulfone groups is 1. The molecule has 0 fully saturated rings. The largest absolute Gasteiger partial charge is 0.347 e. The van der Waals surface area contributed by atoms with Crippen molar-refractivity contribution in [1.29, 1.82) is 5.26 Å². The topological polar surface area (TPSA) is 95.5 Å². The number of allylic oxidation sites excluding steroid dienone is 1. The van der Waals surface area contributed by atoms with E-state index in [2.05, 4.69) is 0 Å². The Balaban J connectivity index is 1.74. The molecule has 0 aliphatic heterocycles. The van der Waals surface area contributed by atoms with Crippen molar-refractivity contribution < 1.29 is 8.42 Å². The Morgan fingerprint density at radius 3 is 2.02 bits per heavy atom. The van der Waals surface area contributed by atoms with E-state index >= 15 is 0 Å². The van der Waals surface area contributed by atoms with Gasteiger partial charge in [0.2, 0.25) is 9.84 Å². The van der Waals surface area contributed by atoms with Gasteiger partial charge in [-0.3, -0.25) is 9.20 Å². The van der Waals surface area contributed by atoms with Crippen LogP contribution in [0.2, 0.25) is 0 Å². The highest BCUT2D eigenvalue weighted by Crippen LogP contribution is 2.27. The molecule has 0 atom stereocenters. The molecule has 198 valence electrons. The summed E-state index contributed by atoms with van der Waals surface area (Å²) in [5, 5.41) is 10.0. The lowest BCUT2D eigenvalue weighted by Gasteiger charge is -2.26. The van der Waals surface area contributed by atoms with Crippen molar-refractivity contribution in [3.05, 3.63) is 147 Å². The van der Waals surface area contributed by atoms with E-state index in [0.29, 0.717) is 18.7 Å². The van der Waals surface area contributed by atoms with Gasteiger partial charge in [0.05, 0.1) is 10.5 Å². The third-order valence-electron chi connectivity index (χ3n) is 6.49. The van der Waals surface area contributed by atoms with Gasteiger partial charge in [-0.15, -0.1) is 0 Å². The Kier molecular flexibility index (Phi) is 7.58. The van der Waals surface area contributed by atoms with Gasteiger partial charge >= 0.3 is 0 Å². The van der Waals surface area contributed by atoms with Gasteiger partial charge in [0, 0.05) is 19.3 Å². The molecule has 0 radical (unpaired) electrons. The fourth-order valence-corrected chi connectivity index (χ4v) is 5.56. The van der Waals surface area contributed by atoms with Crippen LogP contribution in [0.4, 0.5) is 5.82 Å².